The molecule has 1 fully saturated rings. The van der Waals surface area contributed by atoms with Crippen molar-refractivity contribution in [2.45, 2.75) is 31.1 Å². The zero-order valence-electron chi connectivity index (χ0n) is 16.6. The molecule has 0 atom stereocenters. The van der Waals surface area contributed by atoms with E-state index in [1.54, 1.807) is 12.1 Å². The molecule has 3 nitrogen and oxygen atoms in total. The first-order valence-corrected chi connectivity index (χ1v) is 10.5. The Hall–Kier alpha value is -2.42. The SMILES string of the molecule is C#CCCCN1CCC2(CC1)CN(C(=O)c1c(F)cccc1F)c1ccc(Cl)cc12. The highest BCUT2D eigenvalue weighted by Gasteiger charge is 2.47. The number of nitrogens with zero attached hydrogens (tertiary/aromatic N) is 2. The lowest BCUT2D eigenvalue weighted by atomic mass is 9.74. The van der Waals surface area contributed by atoms with Gasteiger partial charge in [0.2, 0.25) is 0 Å². The number of terminal acetylenes is 1. The number of benzene rings is 2. The number of hydrogen-bond donors (Lipinski definition) is 0. The summed E-state index contributed by atoms with van der Waals surface area (Å²) in [5.74, 6) is 0.326. The molecule has 0 bridgehead atoms. The van der Waals surface area contributed by atoms with E-state index in [-0.39, 0.29) is 5.41 Å². The van der Waals surface area contributed by atoms with Crippen LogP contribution in [0.5, 0.6) is 0 Å². The van der Waals surface area contributed by atoms with Crippen molar-refractivity contribution < 1.29 is 13.6 Å². The molecule has 0 aromatic heterocycles. The van der Waals surface area contributed by atoms with E-state index in [1.807, 2.05) is 6.07 Å². The van der Waals surface area contributed by atoms with Crippen LogP contribution in [0.25, 0.3) is 0 Å². The number of piperidine rings is 1. The van der Waals surface area contributed by atoms with Crippen molar-refractivity contribution in [3.63, 3.8) is 0 Å². The Morgan fingerprint density at radius 1 is 1.17 bits per heavy atom. The molecular formula is C24H23ClF2N2O. The van der Waals surface area contributed by atoms with Crippen LogP contribution in [0.1, 0.15) is 41.6 Å². The first kappa shape index (κ1) is 20.8. The van der Waals surface area contributed by atoms with E-state index in [9.17, 15) is 13.6 Å². The van der Waals surface area contributed by atoms with Gasteiger partial charge in [0, 0.05) is 29.1 Å². The molecule has 2 aromatic carbocycles. The Kier molecular flexibility index (Phi) is 5.81. The maximum Gasteiger partial charge on any atom is 0.264 e. The molecule has 2 aliphatic heterocycles. The second-order valence-corrected chi connectivity index (χ2v) is 8.52. The molecule has 0 unspecified atom stereocenters. The number of unbranched alkanes of at least 4 members (excludes halogenated alkanes) is 1. The van der Waals surface area contributed by atoms with Gasteiger partial charge in [0.15, 0.2) is 0 Å². The van der Waals surface area contributed by atoms with Gasteiger partial charge >= 0.3 is 0 Å². The third-order valence-electron chi connectivity index (χ3n) is 6.31. The summed E-state index contributed by atoms with van der Waals surface area (Å²) >= 11 is 6.28. The molecule has 0 radical (unpaired) electrons. The van der Waals surface area contributed by atoms with Gasteiger partial charge in [-0.25, -0.2) is 8.78 Å². The third-order valence-corrected chi connectivity index (χ3v) is 6.55. The van der Waals surface area contributed by atoms with E-state index >= 15 is 0 Å². The number of rotatable bonds is 4. The number of carbonyl (C=O) groups is 1. The van der Waals surface area contributed by atoms with Crippen LogP contribution in [-0.2, 0) is 5.41 Å². The maximum atomic E-state index is 14.3. The summed E-state index contributed by atoms with van der Waals surface area (Å²) < 4.78 is 28.6. The lowest BCUT2D eigenvalue weighted by Gasteiger charge is -2.40. The number of amides is 1. The van der Waals surface area contributed by atoms with Crippen LogP contribution in [0.15, 0.2) is 36.4 Å². The van der Waals surface area contributed by atoms with Crippen LogP contribution in [0.2, 0.25) is 5.02 Å². The molecule has 4 rings (SSSR count). The standard InChI is InChI=1S/C24H23ClF2N2O/c1-2-3-4-12-28-13-10-24(11-14-28)16-29(21-9-8-17(25)15-18(21)24)23(30)22-19(26)6-5-7-20(22)27/h1,5-9,15H,3-4,10-14,16H2. The zero-order chi connectivity index (χ0) is 21.3. The maximum absolute atomic E-state index is 14.3. The second-order valence-electron chi connectivity index (χ2n) is 8.08. The largest absolute Gasteiger partial charge is 0.307 e. The first-order valence-electron chi connectivity index (χ1n) is 10.2. The van der Waals surface area contributed by atoms with Crippen LogP contribution in [0.4, 0.5) is 14.5 Å². The summed E-state index contributed by atoms with van der Waals surface area (Å²) in [4.78, 5) is 17.1. The Bertz CT molecular complexity index is 989. The van der Waals surface area contributed by atoms with Crippen LogP contribution in [0.3, 0.4) is 0 Å². The van der Waals surface area contributed by atoms with E-state index in [0.29, 0.717) is 17.3 Å². The van der Waals surface area contributed by atoms with Crippen LogP contribution >= 0.6 is 11.6 Å². The summed E-state index contributed by atoms with van der Waals surface area (Å²) in [6.07, 6.45) is 8.76. The number of carbonyl (C=O) groups excluding carboxylic acids is 1. The Balaban J connectivity index is 1.63. The van der Waals surface area contributed by atoms with Crippen LogP contribution in [-0.4, -0.2) is 37.0 Å². The lowest BCUT2D eigenvalue weighted by molar-refractivity contribution is 0.0968. The third kappa shape index (κ3) is 3.71. The van der Waals surface area contributed by atoms with Gasteiger partial charge in [0.05, 0.1) is 0 Å². The quantitative estimate of drug-likeness (QED) is 0.504. The molecule has 1 amide bonds. The minimum atomic E-state index is -0.847. The van der Waals surface area contributed by atoms with Gasteiger partial charge in [-0.3, -0.25) is 4.79 Å². The summed E-state index contributed by atoms with van der Waals surface area (Å²) in [5, 5.41) is 0.593. The topological polar surface area (TPSA) is 23.6 Å². The fourth-order valence-electron chi connectivity index (χ4n) is 4.70. The average molecular weight is 429 g/mol. The smallest absolute Gasteiger partial charge is 0.264 e. The number of hydrogen-bond acceptors (Lipinski definition) is 2. The molecule has 2 aromatic rings. The van der Waals surface area contributed by atoms with Gasteiger partial charge < -0.3 is 9.80 Å². The molecule has 1 spiro atoms. The predicted molar refractivity (Wildman–Crippen MR) is 115 cm³/mol. The number of fused-ring (bicyclic) bond motifs is 2. The molecular weight excluding hydrogens is 406 g/mol. The van der Waals surface area contributed by atoms with Crippen molar-refractivity contribution in [2.75, 3.05) is 31.1 Å². The Morgan fingerprint density at radius 2 is 1.87 bits per heavy atom. The highest BCUT2D eigenvalue weighted by Crippen LogP contribution is 2.48. The Morgan fingerprint density at radius 3 is 2.53 bits per heavy atom. The van der Waals surface area contributed by atoms with Crippen LogP contribution in [0, 0.1) is 24.0 Å². The fourth-order valence-corrected chi connectivity index (χ4v) is 4.87. The molecule has 156 valence electrons. The molecule has 30 heavy (non-hydrogen) atoms. The number of halogens is 3. The Labute approximate surface area is 180 Å². The van der Waals surface area contributed by atoms with Crippen molar-refractivity contribution in [3.8, 4) is 12.3 Å². The monoisotopic (exact) mass is 428 g/mol. The van der Waals surface area contributed by atoms with Gasteiger partial charge in [-0.2, -0.15) is 0 Å². The van der Waals surface area contributed by atoms with Crippen molar-refractivity contribution in [1.29, 1.82) is 0 Å². The van der Waals surface area contributed by atoms with E-state index in [1.165, 1.54) is 11.0 Å². The van der Waals surface area contributed by atoms with Gasteiger partial charge in [0.1, 0.15) is 17.2 Å². The minimum absolute atomic E-state index is 0.264. The summed E-state index contributed by atoms with van der Waals surface area (Å²) in [6, 6.07) is 8.88. The van der Waals surface area contributed by atoms with Crippen LogP contribution < -0.4 is 4.90 Å². The van der Waals surface area contributed by atoms with Crippen molar-refractivity contribution >= 4 is 23.2 Å². The van der Waals surface area contributed by atoms with Gasteiger partial charge in [-0.15, -0.1) is 12.3 Å². The molecule has 0 aliphatic carbocycles. The molecule has 0 N–H and O–H groups in total. The molecule has 2 aliphatic rings. The molecule has 6 heteroatoms. The highest BCUT2D eigenvalue weighted by molar-refractivity contribution is 6.30. The fraction of sp³-hybridized carbons (Fsp3) is 0.375. The van der Waals surface area contributed by atoms with Gasteiger partial charge in [-0.1, -0.05) is 17.7 Å². The predicted octanol–water partition coefficient (Wildman–Crippen LogP) is 5.03. The van der Waals surface area contributed by atoms with Crippen molar-refractivity contribution in [2.24, 2.45) is 0 Å². The van der Waals surface area contributed by atoms with E-state index < -0.39 is 23.1 Å². The van der Waals surface area contributed by atoms with Crippen molar-refractivity contribution in [3.05, 3.63) is 64.2 Å². The summed E-state index contributed by atoms with van der Waals surface area (Å²) in [6.45, 7) is 3.11. The van der Waals surface area contributed by atoms with E-state index in [0.717, 1.165) is 63.0 Å². The molecule has 2 heterocycles. The van der Waals surface area contributed by atoms with E-state index in [4.69, 9.17) is 18.0 Å². The van der Waals surface area contributed by atoms with Gasteiger partial charge in [-0.05, 0) is 74.8 Å². The van der Waals surface area contributed by atoms with Crippen molar-refractivity contribution in [1.82, 2.24) is 4.90 Å². The number of likely N-dealkylation sites (tertiary alicyclic amines) is 1. The lowest BCUT2D eigenvalue weighted by Crippen LogP contribution is -2.46. The highest BCUT2D eigenvalue weighted by atomic mass is 35.5. The number of anilines is 1. The first-order chi connectivity index (χ1) is 14.4. The zero-order valence-corrected chi connectivity index (χ0v) is 17.4. The van der Waals surface area contributed by atoms with E-state index in [2.05, 4.69) is 10.8 Å². The normalized spacial score (nSPS) is 17.7. The van der Waals surface area contributed by atoms with Gasteiger partial charge in [0.25, 0.3) is 5.91 Å². The molecule has 1 saturated heterocycles. The second kappa shape index (κ2) is 8.37. The minimum Gasteiger partial charge on any atom is -0.307 e. The molecule has 0 saturated carbocycles. The summed E-state index contributed by atoms with van der Waals surface area (Å²) in [7, 11) is 0. The summed E-state index contributed by atoms with van der Waals surface area (Å²) in [5.41, 5.74) is 0.902. The average Bonchev–Trinajstić information content (AvgIpc) is 3.03.